The maximum Gasteiger partial charge on any atom is 0.290 e. The molecule has 2 rings (SSSR count). The summed E-state index contributed by atoms with van der Waals surface area (Å²) in [7, 11) is 0. The molecule has 0 bridgehead atoms. The molecule has 0 aliphatic heterocycles. The van der Waals surface area contributed by atoms with Crippen molar-refractivity contribution in [1.82, 2.24) is 9.36 Å². The summed E-state index contributed by atoms with van der Waals surface area (Å²) in [4.78, 5) is 12.0. The van der Waals surface area contributed by atoms with Crippen LogP contribution in [0.3, 0.4) is 0 Å². The van der Waals surface area contributed by atoms with E-state index in [0.717, 1.165) is 12.2 Å². The molecule has 0 radical (unpaired) electrons. The number of hydrogen-bond acceptors (Lipinski definition) is 2. The van der Waals surface area contributed by atoms with E-state index in [1.54, 1.807) is 4.68 Å². The summed E-state index contributed by atoms with van der Waals surface area (Å²) in [6, 6.07) is 0. The van der Waals surface area contributed by atoms with Crippen molar-refractivity contribution in [3.63, 3.8) is 0 Å². The van der Waals surface area contributed by atoms with Crippen molar-refractivity contribution in [2.45, 2.75) is 58.5 Å². The van der Waals surface area contributed by atoms with Crippen LogP contribution in [0.2, 0.25) is 0 Å². The lowest BCUT2D eigenvalue weighted by Crippen LogP contribution is -2.22. The molecule has 1 aromatic rings. The molecule has 1 heterocycles. The van der Waals surface area contributed by atoms with Gasteiger partial charge >= 0.3 is 0 Å². The van der Waals surface area contributed by atoms with Crippen LogP contribution in [0.1, 0.15) is 51.1 Å². The Morgan fingerprint density at radius 2 is 1.75 bits per heavy atom. The van der Waals surface area contributed by atoms with Gasteiger partial charge in [-0.2, -0.15) is 0 Å². The molecule has 1 fully saturated rings. The zero-order valence-electron chi connectivity index (χ0n) is 10.2. The first-order valence-electron chi connectivity index (χ1n) is 6.29. The van der Waals surface area contributed by atoms with Crippen LogP contribution < -0.4 is 11.3 Å². The van der Waals surface area contributed by atoms with Gasteiger partial charge in [0.15, 0.2) is 0 Å². The fraction of sp³-hybridized carbons (Fsp3) is 0.750. The Labute approximate surface area is 96.0 Å². The zero-order valence-corrected chi connectivity index (χ0v) is 10.2. The summed E-state index contributed by atoms with van der Waals surface area (Å²) in [5.41, 5.74) is 7.54. The van der Waals surface area contributed by atoms with Crippen molar-refractivity contribution in [3.05, 3.63) is 16.0 Å². The molecule has 0 aromatic carbocycles. The molecule has 4 nitrogen and oxygen atoms in total. The monoisotopic (exact) mass is 223 g/mol. The minimum absolute atomic E-state index is 0.00810. The molecule has 0 spiro atoms. The summed E-state index contributed by atoms with van der Waals surface area (Å²) in [5, 5.41) is 0. The molecule has 1 aromatic heterocycles. The Morgan fingerprint density at radius 3 is 2.25 bits per heavy atom. The van der Waals surface area contributed by atoms with Crippen LogP contribution in [0.5, 0.6) is 0 Å². The van der Waals surface area contributed by atoms with Crippen LogP contribution in [-0.4, -0.2) is 9.36 Å². The molecule has 90 valence electrons. The van der Waals surface area contributed by atoms with Crippen LogP contribution in [0.15, 0.2) is 4.79 Å². The maximum atomic E-state index is 12.0. The van der Waals surface area contributed by atoms with E-state index < -0.39 is 0 Å². The van der Waals surface area contributed by atoms with Gasteiger partial charge in [0.1, 0.15) is 5.69 Å². The van der Waals surface area contributed by atoms with Gasteiger partial charge < -0.3 is 5.73 Å². The Bertz CT molecular complexity index is 424. The van der Waals surface area contributed by atoms with Gasteiger partial charge in [0.05, 0.1) is 5.69 Å². The molecular formula is C12H21N3O. The lowest BCUT2D eigenvalue weighted by atomic mass is 10.0. The van der Waals surface area contributed by atoms with Crippen LogP contribution in [0, 0.1) is 0 Å². The Kier molecular flexibility index (Phi) is 3.08. The molecule has 0 atom stereocenters. The van der Waals surface area contributed by atoms with Crippen molar-refractivity contribution in [1.29, 1.82) is 0 Å². The third-order valence-electron chi connectivity index (χ3n) is 3.65. The lowest BCUT2D eigenvalue weighted by Gasteiger charge is -2.15. The first kappa shape index (κ1) is 11.3. The number of nitrogens with zero attached hydrogens (tertiary/aromatic N) is 2. The number of nitrogen functional groups attached to an aromatic ring is 1. The number of anilines is 1. The Morgan fingerprint density at radius 1 is 1.19 bits per heavy atom. The molecule has 1 saturated carbocycles. The number of hydrogen-bond donors (Lipinski definition) is 1. The highest BCUT2D eigenvalue weighted by Crippen LogP contribution is 2.36. The van der Waals surface area contributed by atoms with Crippen LogP contribution >= 0.6 is 0 Å². The lowest BCUT2D eigenvalue weighted by molar-refractivity contribution is 0.446. The molecule has 2 N–H and O–H groups in total. The van der Waals surface area contributed by atoms with E-state index in [-0.39, 0.29) is 5.56 Å². The Balaban J connectivity index is 2.54. The highest BCUT2D eigenvalue weighted by Gasteiger charge is 2.26. The molecule has 0 unspecified atom stereocenters. The van der Waals surface area contributed by atoms with E-state index in [1.807, 2.05) is 6.92 Å². The fourth-order valence-electron chi connectivity index (χ4n) is 2.91. The van der Waals surface area contributed by atoms with Gasteiger partial charge in [-0.1, -0.05) is 12.8 Å². The number of aromatic nitrogens is 2. The van der Waals surface area contributed by atoms with E-state index in [1.165, 1.54) is 25.7 Å². The molecule has 4 heteroatoms. The highest BCUT2D eigenvalue weighted by molar-refractivity contribution is 5.44. The zero-order chi connectivity index (χ0) is 11.7. The molecule has 16 heavy (non-hydrogen) atoms. The SMILES string of the molecule is CCn1c(C2CCCC2)c(N)c(=O)n1CC. The fourth-order valence-corrected chi connectivity index (χ4v) is 2.91. The third-order valence-corrected chi connectivity index (χ3v) is 3.65. The third kappa shape index (κ3) is 1.56. The van der Waals surface area contributed by atoms with Gasteiger partial charge in [-0.05, 0) is 26.7 Å². The largest absolute Gasteiger partial charge is 0.393 e. The van der Waals surface area contributed by atoms with Gasteiger partial charge in [0.25, 0.3) is 5.56 Å². The van der Waals surface area contributed by atoms with E-state index in [4.69, 9.17) is 5.73 Å². The summed E-state index contributed by atoms with van der Waals surface area (Å²) in [6.45, 7) is 5.59. The first-order valence-corrected chi connectivity index (χ1v) is 6.29. The van der Waals surface area contributed by atoms with Crippen molar-refractivity contribution >= 4 is 5.69 Å². The minimum atomic E-state index is -0.00810. The smallest absolute Gasteiger partial charge is 0.290 e. The average Bonchev–Trinajstić information content (AvgIpc) is 2.87. The molecular weight excluding hydrogens is 202 g/mol. The topological polar surface area (TPSA) is 52.9 Å². The highest BCUT2D eigenvalue weighted by atomic mass is 16.1. The van der Waals surface area contributed by atoms with Gasteiger partial charge in [-0.25, -0.2) is 4.68 Å². The van der Waals surface area contributed by atoms with Crippen LogP contribution in [0.25, 0.3) is 0 Å². The first-order chi connectivity index (χ1) is 7.70. The van der Waals surface area contributed by atoms with Crippen molar-refractivity contribution in [2.75, 3.05) is 5.73 Å². The second-order valence-electron chi connectivity index (χ2n) is 4.52. The normalized spacial score (nSPS) is 17.1. The number of rotatable bonds is 3. The molecule has 1 aliphatic rings. The van der Waals surface area contributed by atoms with Crippen LogP contribution in [-0.2, 0) is 13.1 Å². The van der Waals surface area contributed by atoms with Crippen molar-refractivity contribution < 1.29 is 0 Å². The van der Waals surface area contributed by atoms with E-state index in [0.29, 0.717) is 18.2 Å². The predicted octanol–water partition coefficient (Wildman–Crippen LogP) is 1.93. The molecule has 0 saturated heterocycles. The molecule has 0 amide bonds. The van der Waals surface area contributed by atoms with Gasteiger partial charge in [0.2, 0.25) is 0 Å². The van der Waals surface area contributed by atoms with Crippen molar-refractivity contribution in [3.8, 4) is 0 Å². The average molecular weight is 223 g/mol. The maximum absolute atomic E-state index is 12.0. The van der Waals surface area contributed by atoms with Gasteiger partial charge in [0, 0.05) is 19.0 Å². The quantitative estimate of drug-likeness (QED) is 0.851. The minimum Gasteiger partial charge on any atom is -0.393 e. The molecule has 1 aliphatic carbocycles. The second kappa shape index (κ2) is 4.36. The second-order valence-corrected chi connectivity index (χ2v) is 4.52. The summed E-state index contributed by atoms with van der Waals surface area (Å²) < 4.78 is 3.84. The van der Waals surface area contributed by atoms with Gasteiger partial charge in [-0.3, -0.25) is 9.48 Å². The number of nitrogens with two attached hydrogens (primary N) is 1. The summed E-state index contributed by atoms with van der Waals surface area (Å²) in [6.07, 6.45) is 4.88. The van der Waals surface area contributed by atoms with E-state index >= 15 is 0 Å². The van der Waals surface area contributed by atoms with Crippen LogP contribution in [0.4, 0.5) is 5.69 Å². The van der Waals surface area contributed by atoms with E-state index in [9.17, 15) is 4.79 Å². The predicted molar refractivity (Wildman–Crippen MR) is 65.7 cm³/mol. The van der Waals surface area contributed by atoms with Gasteiger partial charge in [-0.15, -0.1) is 0 Å². The summed E-state index contributed by atoms with van der Waals surface area (Å²) >= 11 is 0. The van der Waals surface area contributed by atoms with Crippen molar-refractivity contribution in [2.24, 2.45) is 0 Å². The standard InChI is InChI=1S/C12H21N3O/c1-3-14-11(9-7-5-6-8-9)10(13)12(16)15(14)4-2/h9H,3-8,13H2,1-2H3. The Hall–Kier alpha value is -1.19. The summed E-state index contributed by atoms with van der Waals surface area (Å²) in [5.74, 6) is 0.500. The van der Waals surface area contributed by atoms with E-state index in [2.05, 4.69) is 11.6 Å².